The summed E-state index contributed by atoms with van der Waals surface area (Å²) in [7, 11) is 2.07. The molecule has 2 aromatic rings. The lowest BCUT2D eigenvalue weighted by Crippen LogP contribution is -2.44. The zero-order valence-corrected chi connectivity index (χ0v) is 12.7. The molecule has 2 heterocycles. The molecular formula is C14H16N8O. The SMILES string of the molecule is CN1CCN(c2cccc(NC(=O)c3nnn[nH]3)c2C#N)CC1. The Morgan fingerprint density at radius 3 is 2.78 bits per heavy atom. The standard InChI is InChI=1S/C14H16N8O/c1-21-5-7-22(8-6-21)12-4-2-3-11(10(12)9-15)16-14(23)13-17-19-20-18-13/h2-4H,5-8H2,1H3,(H,16,23)(H,17,18,19,20). The molecule has 0 unspecified atom stereocenters. The monoisotopic (exact) mass is 312 g/mol. The summed E-state index contributed by atoms with van der Waals surface area (Å²) in [5, 5.41) is 24.9. The summed E-state index contributed by atoms with van der Waals surface area (Å²) >= 11 is 0. The number of carbonyl (C=O) groups excluding carboxylic acids is 1. The fourth-order valence-electron chi connectivity index (χ4n) is 2.51. The van der Waals surface area contributed by atoms with Gasteiger partial charge in [-0.2, -0.15) is 5.26 Å². The van der Waals surface area contributed by atoms with Gasteiger partial charge in [0.15, 0.2) is 0 Å². The number of tetrazole rings is 1. The first-order valence-corrected chi connectivity index (χ1v) is 7.20. The lowest BCUT2D eigenvalue weighted by atomic mass is 10.1. The lowest BCUT2D eigenvalue weighted by molar-refractivity contribution is 0.101. The van der Waals surface area contributed by atoms with Crippen molar-refractivity contribution in [2.45, 2.75) is 0 Å². The first kappa shape index (κ1) is 14.9. The highest BCUT2D eigenvalue weighted by atomic mass is 16.2. The van der Waals surface area contributed by atoms with Crippen molar-refractivity contribution in [2.75, 3.05) is 43.4 Å². The van der Waals surface area contributed by atoms with Crippen LogP contribution in [-0.2, 0) is 0 Å². The molecule has 1 aromatic heterocycles. The van der Waals surface area contributed by atoms with Gasteiger partial charge >= 0.3 is 0 Å². The number of hydrogen-bond acceptors (Lipinski definition) is 7. The Kier molecular flexibility index (Phi) is 4.16. The second-order valence-electron chi connectivity index (χ2n) is 5.31. The number of piperazine rings is 1. The fourth-order valence-corrected chi connectivity index (χ4v) is 2.51. The van der Waals surface area contributed by atoms with Crippen molar-refractivity contribution in [3.05, 3.63) is 29.6 Å². The zero-order chi connectivity index (χ0) is 16.2. The highest BCUT2D eigenvalue weighted by Gasteiger charge is 2.20. The Balaban J connectivity index is 1.85. The van der Waals surface area contributed by atoms with Crippen molar-refractivity contribution < 1.29 is 4.79 Å². The number of aromatic nitrogens is 4. The lowest BCUT2D eigenvalue weighted by Gasteiger charge is -2.34. The molecule has 23 heavy (non-hydrogen) atoms. The summed E-state index contributed by atoms with van der Waals surface area (Å²) in [6.07, 6.45) is 0. The number of benzene rings is 1. The summed E-state index contributed by atoms with van der Waals surface area (Å²) in [5.74, 6) is -0.485. The summed E-state index contributed by atoms with van der Waals surface area (Å²) in [5.41, 5.74) is 1.72. The van der Waals surface area contributed by atoms with Crippen molar-refractivity contribution in [3.8, 4) is 6.07 Å². The van der Waals surface area contributed by atoms with Gasteiger partial charge < -0.3 is 15.1 Å². The normalized spacial score (nSPS) is 15.2. The third-order valence-electron chi connectivity index (χ3n) is 3.81. The molecule has 9 heteroatoms. The molecule has 1 saturated heterocycles. The van der Waals surface area contributed by atoms with Crippen LogP contribution in [0.5, 0.6) is 0 Å². The van der Waals surface area contributed by atoms with E-state index in [1.807, 2.05) is 12.1 Å². The number of aromatic amines is 1. The van der Waals surface area contributed by atoms with Gasteiger partial charge in [0.2, 0.25) is 5.82 Å². The molecule has 0 atom stereocenters. The van der Waals surface area contributed by atoms with Crippen LogP contribution in [0.4, 0.5) is 11.4 Å². The van der Waals surface area contributed by atoms with E-state index in [0.29, 0.717) is 11.3 Å². The van der Waals surface area contributed by atoms with Crippen LogP contribution in [0.2, 0.25) is 0 Å². The minimum Gasteiger partial charge on any atom is -0.368 e. The number of hydrogen-bond donors (Lipinski definition) is 2. The van der Waals surface area contributed by atoms with Crippen LogP contribution in [-0.4, -0.2) is 64.7 Å². The van der Waals surface area contributed by atoms with E-state index in [4.69, 9.17) is 0 Å². The smallest absolute Gasteiger partial charge is 0.294 e. The van der Waals surface area contributed by atoms with Crippen LogP contribution in [0.25, 0.3) is 0 Å². The topological polar surface area (TPSA) is 114 Å². The quantitative estimate of drug-likeness (QED) is 0.824. The van der Waals surface area contributed by atoms with E-state index in [0.717, 1.165) is 31.9 Å². The molecule has 0 radical (unpaired) electrons. The molecule has 118 valence electrons. The summed E-state index contributed by atoms with van der Waals surface area (Å²) < 4.78 is 0. The molecule has 1 fully saturated rings. The molecule has 0 spiro atoms. The molecule has 1 amide bonds. The van der Waals surface area contributed by atoms with Gasteiger partial charge in [-0.05, 0) is 29.6 Å². The average molecular weight is 312 g/mol. The molecule has 9 nitrogen and oxygen atoms in total. The minimum atomic E-state index is -0.484. The molecule has 0 aliphatic carbocycles. The second kappa shape index (κ2) is 6.41. The Morgan fingerprint density at radius 2 is 2.13 bits per heavy atom. The number of nitrogens with one attached hydrogen (secondary N) is 2. The molecule has 2 N–H and O–H groups in total. The van der Waals surface area contributed by atoms with E-state index in [1.54, 1.807) is 6.07 Å². The molecule has 0 bridgehead atoms. The number of rotatable bonds is 3. The van der Waals surface area contributed by atoms with E-state index in [2.05, 4.69) is 48.9 Å². The van der Waals surface area contributed by atoms with Gasteiger partial charge in [-0.3, -0.25) is 4.79 Å². The van der Waals surface area contributed by atoms with Crippen molar-refractivity contribution in [1.82, 2.24) is 25.5 Å². The number of H-pyrrole nitrogens is 1. The largest absolute Gasteiger partial charge is 0.368 e. The van der Waals surface area contributed by atoms with E-state index in [9.17, 15) is 10.1 Å². The number of anilines is 2. The Morgan fingerprint density at radius 1 is 1.35 bits per heavy atom. The van der Waals surface area contributed by atoms with Crippen LogP contribution >= 0.6 is 0 Å². The highest BCUT2D eigenvalue weighted by molar-refractivity contribution is 6.02. The summed E-state index contributed by atoms with van der Waals surface area (Å²) in [6.45, 7) is 3.56. The number of amides is 1. The van der Waals surface area contributed by atoms with Crippen LogP contribution in [0, 0.1) is 11.3 Å². The van der Waals surface area contributed by atoms with Gasteiger partial charge in [0.05, 0.1) is 16.9 Å². The minimum absolute atomic E-state index is 0.00103. The van der Waals surface area contributed by atoms with Crippen LogP contribution in [0.3, 0.4) is 0 Å². The maximum atomic E-state index is 12.1. The van der Waals surface area contributed by atoms with E-state index in [-0.39, 0.29) is 5.82 Å². The molecule has 3 rings (SSSR count). The number of likely N-dealkylation sites (N-methyl/N-ethyl adjacent to an activating group) is 1. The zero-order valence-electron chi connectivity index (χ0n) is 12.7. The summed E-state index contributed by atoms with van der Waals surface area (Å²) in [4.78, 5) is 16.5. The number of carbonyl (C=O) groups is 1. The van der Waals surface area contributed by atoms with E-state index < -0.39 is 5.91 Å². The van der Waals surface area contributed by atoms with Gasteiger partial charge in [-0.1, -0.05) is 6.07 Å². The van der Waals surface area contributed by atoms with Gasteiger partial charge in [-0.25, -0.2) is 5.10 Å². The van der Waals surface area contributed by atoms with Crippen LogP contribution in [0.1, 0.15) is 16.2 Å². The average Bonchev–Trinajstić information content (AvgIpc) is 3.10. The molecular weight excluding hydrogens is 296 g/mol. The van der Waals surface area contributed by atoms with Gasteiger partial charge in [-0.15, -0.1) is 5.10 Å². The third kappa shape index (κ3) is 3.12. The van der Waals surface area contributed by atoms with Crippen molar-refractivity contribution in [1.29, 1.82) is 5.26 Å². The predicted molar refractivity (Wildman–Crippen MR) is 83.0 cm³/mol. The van der Waals surface area contributed by atoms with Crippen LogP contribution < -0.4 is 10.2 Å². The maximum Gasteiger partial charge on any atom is 0.294 e. The van der Waals surface area contributed by atoms with Gasteiger partial charge in [0.25, 0.3) is 5.91 Å². The van der Waals surface area contributed by atoms with Crippen LogP contribution in [0.15, 0.2) is 18.2 Å². The fraction of sp³-hybridized carbons (Fsp3) is 0.357. The van der Waals surface area contributed by atoms with Crippen molar-refractivity contribution >= 4 is 17.3 Å². The number of nitriles is 1. The van der Waals surface area contributed by atoms with Crippen molar-refractivity contribution in [2.24, 2.45) is 0 Å². The maximum absolute atomic E-state index is 12.1. The third-order valence-corrected chi connectivity index (χ3v) is 3.81. The number of nitrogens with zero attached hydrogens (tertiary/aromatic N) is 6. The Hall–Kier alpha value is -2.99. The predicted octanol–water partition coefficient (Wildman–Crippen LogP) is 0.0755. The summed E-state index contributed by atoms with van der Waals surface area (Å²) in [6, 6.07) is 7.61. The molecule has 1 aliphatic heterocycles. The molecule has 1 aliphatic rings. The Labute approximate surface area is 132 Å². The first-order chi connectivity index (χ1) is 11.2. The molecule has 0 saturated carbocycles. The first-order valence-electron chi connectivity index (χ1n) is 7.20. The van der Waals surface area contributed by atoms with Gasteiger partial charge in [0, 0.05) is 26.2 Å². The van der Waals surface area contributed by atoms with E-state index in [1.165, 1.54) is 0 Å². The van der Waals surface area contributed by atoms with Gasteiger partial charge in [0.1, 0.15) is 6.07 Å². The molecule has 1 aromatic carbocycles. The highest BCUT2D eigenvalue weighted by Crippen LogP contribution is 2.28. The second-order valence-corrected chi connectivity index (χ2v) is 5.31. The van der Waals surface area contributed by atoms with Crippen molar-refractivity contribution in [3.63, 3.8) is 0 Å². The van der Waals surface area contributed by atoms with E-state index >= 15 is 0 Å². The Bertz CT molecular complexity index is 728.